The van der Waals surface area contributed by atoms with Crippen molar-refractivity contribution in [1.82, 2.24) is 5.32 Å². The first-order valence-corrected chi connectivity index (χ1v) is 10.5. The summed E-state index contributed by atoms with van der Waals surface area (Å²) < 4.78 is 1.63. The fourth-order valence-electron chi connectivity index (χ4n) is 3.40. The average Bonchev–Trinajstić information content (AvgIpc) is 2.95. The van der Waals surface area contributed by atoms with E-state index in [1.54, 1.807) is 0 Å². The summed E-state index contributed by atoms with van der Waals surface area (Å²) in [7, 11) is 0. The predicted octanol–water partition coefficient (Wildman–Crippen LogP) is 4.89. The largest absolute Gasteiger partial charge is 0.367 e. The highest BCUT2D eigenvalue weighted by Crippen LogP contribution is 2.34. The lowest BCUT2D eigenvalue weighted by Crippen LogP contribution is -2.29. The second kappa shape index (κ2) is 7.55. The van der Waals surface area contributed by atoms with Gasteiger partial charge in [0.2, 0.25) is 0 Å². The van der Waals surface area contributed by atoms with E-state index in [9.17, 15) is 4.79 Å². The van der Waals surface area contributed by atoms with Crippen molar-refractivity contribution < 1.29 is 4.79 Å². The molecule has 0 saturated carbocycles. The monoisotopic (exact) mass is 444 g/mol. The molecule has 26 heavy (non-hydrogen) atoms. The molecule has 0 unspecified atom stereocenters. The van der Waals surface area contributed by atoms with Crippen LogP contribution in [0.4, 0.5) is 5.69 Å². The minimum atomic E-state index is -0.0971. The summed E-state index contributed by atoms with van der Waals surface area (Å²) in [6.45, 7) is 1.93. The van der Waals surface area contributed by atoms with Gasteiger partial charge in [0, 0.05) is 23.2 Å². The van der Waals surface area contributed by atoms with Crippen LogP contribution < -0.4 is 10.2 Å². The first kappa shape index (κ1) is 17.8. The number of thiocarbonyl (C=S) groups is 1. The van der Waals surface area contributed by atoms with E-state index in [1.165, 1.54) is 28.6 Å². The van der Waals surface area contributed by atoms with E-state index in [2.05, 4.69) is 68.6 Å². The van der Waals surface area contributed by atoms with Crippen LogP contribution in [-0.2, 0) is 17.8 Å². The molecule has 4 rings (SSSR count). The molecular weight excluding hydrogens is 428 g/mol. The molecule has 1 saturated heterocycles. The van der Waals surface area contributed by atoms with Gasteiger partial charge in [-0.15, -0.1) is 0 Å². The first-order valence-electron chi connectivity index (χ1n) is 8.46. The zero-order valence-corrected chi connectivity index (χ0v) is 17.2. The lowest BCUT2D eigenvalue weighted by Gasteiger charge is -2.32. The maximum Gasteiger partial charge on any atom is 0.263 e. The van der Waals surface area contributed by atoms with Crippen molar-refractivity contribution in [2.75, 3.05) is 11.4 Å². The fraction of sp³-hybridized carbons (Fsp3) is 0.200. The summed E-state index contributed by atoms with van der Waals surface area (Å²) in [4.78, 5) is 15.1. The number of amides is 1. The van der Waals surface area contributed by atoms with Crippen molar-refractivity contribution >= 4 is 61.9 Å². The molecule has 0 atom stereocenters. The molecule has 6 heteroatoms. The molecule has 0 aromatic heterocycles. The van der Waals surface area contributed by atoms with E-state index in [1.807, 2.05) is 6.08 Å². The normalized spacial score (nSPS) is 18.2. The van der Waals surface area contributed by atoms with Crippen LogP contribution in [0.5, 0.6) is 0 Å². The predicted molar refractivity (Wildman–Crippen MR) is 116 cm³/mol. The summed E-state index contributed by atoms with van der Waals surface area (Å²) >= 11 is 9.92. The molecule has 2 heterocycles. The van der Waals surface area contributed by atoms with E-state index in [0.29, 0.717) is 9.23 Å². The van der Waals surface area contributed by atoms with Crippen molar-refractivity contribution in [3.05, 3.63) is 68.5 Å². The number of nitrogens with zero attached hydrogens (tertiary/aromatic N) is 1. The van der Waals surface area contributed by atoms with E-state index in [-0.39, 0.29) is 5.91 Å². The van der Waals surface area contributed by atoms with Crippen LogP contribution in [0.2, 0.25) is 0 Å². The summed E-state index contributed by atoms with van der Waals surface area (Å²) in [5.41, 5.74) is 4.99. The first-order chi connectivity index (χ1) is 12.6. The van der Waals surface area contributed by atoms with Gasteiger partial charge in [-0.25, -0.2) is 0 Å². The van der Waals surface area contributed by atoms with Gasteiger partial charge >= 0.3 is 0 Å². The third-order valence-corrected chi connectivity index (χ3v) is 6.29. The molecule has 1 fully saturated rings. The maximum absolute atomic E-state index is 12.0. The van der Waals surface area contributed by atoms with Gasteiger partial charge in [0.1, 0.15) is 4.32 Å². The third-order valence-electron chi connectivity index (χ3n) is 4.60. The average molecular weight is 445 g/mol. The highest BCUT2D eigenvalue weighted by atomic mass is 79.9. The molecule has 0 radical (unpaired) electrons. The van der Waals surface area contributed by atoms with Gasteiger partial charge in [-0.2, -0.15) is 0 Å². The fourth-order valence-corrected chi connectivity index (χ4v) is 4.70. The van der Waals surface area contributed by atoms with Gasteiger partial charge < -0.3 is 10.2 Å². The number of fused-ring (bicyclic) bond motifs is 1. The van der Waals surface area contributed by atoms with Gasteiger partial charge in [-0.05, 0) is 53.8 Å². The van der Waals surface area contributed by atoms with Crippen molar-refractivity contribution in [3.63, 3.8) is 0 Å². The van der Waals surface area contributed by atoms with Crippen LogP contribution >= 0.6 is 39.9 Å². The molecule has 132 valence electrons. The number of carbonyl (C=O) groups excluding carboxylic acids is 1. The van der Waals surface area contributed by atoms with Crippen LogP contribution in [0, 0.1) is 0 Å². The van der Waals surface area contributed by atoms with Crippen molar-refractivity contribution in [2.24, 2.45) is 0 Å². The van der Waals surface area contributed by atoms with Crippen LogP contribution in [-0.4, -0.2) is 16.8 Å². The Bertz CT molecular complexity index is 909. The standard InChI is InChI=1S/C20H17BrN2OS2/c21-15-8-6-13(7-9-15)12-23-10-2-4-16-14(3-1-5-17(16)23)11-18-19(24)22-20(25)26-18/h1,3,5-9,11H,2,4,10,12H2,(H,22,24,25). The van der Waals surface area contributed by atoms with Gasteiger partial charge in [0.25, 0.3) is 5.91 Å². The third kappa shape index (κ3) is 3.72. The Morgan fingerprint density at radius 3 is 2.77 bits per heavy atom. The molecule has 2 aliphatic heterocycles. The van der Waals surface area contributed by atoms with Gasteiger partial charge in [0.15, 0.2) is 0 Å². The summed E-state index contributed by atoms with van der Waals surface area (Å²) in [6, 6.07) is 14.8. The number of nitrogens with one attached hydrogen (secondary N) is 1. The zero-order valence-electron chi connectivity index (χ0n) is 14.0. The molecule has 2 aliphatic rings. The van der Waals surface area contributed by atoms with Crippen LogP contribution in [0.25, 0.3) is 6.08 Å². The number of hydrogen-bond acceptors (Lipinski definition) is 4. The number of carbonyl (C=O) groups is 1. The van der Waals surface area contributed by atoms with Gasteiger partial charge in [0.05, 0.1) is 4.91 Å². The minimum absolute atomic E-state index is 0.0971. The van der Waals surface area contributed by atoms with Crippen LogP contribution in [0.3, 0.4) is 0 Å². The second-order valence-corrected chi connectivity index (χ2v) is 8.98. The summed E-state index contributed by atoms with van der Waals surface area (Å²) in [6.07, 6.45) is 4.12. The second-order valence-electron chi connectivity index (χ2n) is 6.35. The molecule has 1 amide bonds. The zero-order chi connectivity index (χ0) is 18.1. The van der Waals surface area contributed by atoms with Gasteiger partial charge in [-0.3, -0.25) is 4.79 Å². The Balaban J connectivity index is 1.65. The molecule has 2 aromatic rings. The quantitative estimate of drug-likeness (QED) is 0.539. The van der Waals surface area contributed by atoms with Crippen molar-refractivity contribution in [2.45, 2.75) is 19.4 Å². The highest BCUT2D eigenvalue weighted by Gasteiger charge is 2.24. The van der Waals surface area contributed by atoms with Crippen LogP contribution in [0.1, 0.15) is 23.1 Å². The Morgan fingerprint density at radius 1 is 1.23 bits per heavy atom. The molecule has 0 spiro atoms. The SMILES string of the molecule is O=C1NC(=S)SC1=Cc1cccc2c1CCCN2Cc1ccc(Br)cc1. The Morgan fingerprint density at radius 2 is 2.04 bits per heavy atom. The number of halogens is 1. The minimum Gasteiger partial charge on any atom is -0.367 e. The number of thioether (sulfide) groups is 1. The van der Waals surface area contributed by atoms with Crippen molar-refractivity contribution in [1.29, 1.82) is 0 Å². The highest BCUT2D eigenvalue weighted by molar-refractivity contribution is 9.10. The Kier molecular flexibility index (Phi) is 5.16. The van der Waals surface area contributed by atoms with Crippen molar-refractivity contribution in [3.8, 4) is 0 Å². The Hall–Kier alpha value is -1.63. The topological polar surface area (TPSA) is 32.3 Å². The van der Waals surface area contributed by atoms with Crippen LogP contribution in [0.15, 0.2) is 51.8 Å². The molecular formula is C20H17BrN2OS2. The maximum atomic E-state index is 12.0. The van der Waals surface area contributed by atoms with E-state index < -0.39 is 0 Å². The lowest BCUT2D eigenvalue weighted by molar-refractivity contribution is -0.115. The lowest BCUT2D eigenvalue weighted by atomic mass is 9.95. The van der Waals surface area contributed by atoms with E-state index in [0.717, 1.165) is 36.0 Å². The van der Waals surface area contributed by atoms with E-state index >= 15 is 0 Å². The molecule has 3 nitrogen and oxygen atoms in total. The number of benzene rings is 2. The molecule has 1 N–H and O–H groups in total. The molecule has 0 aliphatic carbocycles. The number of anilines is 1. The Labute approximate surface area is 171 Å². The molecule has 2 aromatic carbocycles. The van der Waals surface area contributed by atoms with Gasteiger partial charge in [-0.1, -0.05) is 64.2 Å². The summed E-state index contributed by atoms with van der Waals surface area (Å²) in [5, 5.41) is 2.69. The van der Waals surface area contributed by atoms with E-state index in [4.69, 9.17) is 12.2 Å². The smallest absolute Gasteiger partial charge is 0.263 e. The number of hydrogen-bond donors (Lipinski definition) is 1. The molecule has 0 bridgehead atoms. The summed E-state index contributed by atoms with van der Waals surface area (Å²) in [5.74, 6) is -0.0971. The number of rotatable bonds is 3.